The van der Waals surface area contributed by atoms with Crippen LogP contribution < -0.4 is 10.5 Å². The molecule has 1 aliphatic rings. The highest BCUT2D eigenvalue weighted by Gasteiger charge is 2.18. The van der Waals surface area contributed by atoms with Crippen LogP contribution in [0.2, 0.25) is 0 Å². The summed E-state index contributed by atoms with van der Waals surface area (Å²) in [4.78, 5) is 2.35. The molecule has 0 aliphatic carbocycles. The maximum absolute atomic E-state index is 5.87. The van der Waals surface area contributed by atoms with E-state index in [1.165, 1.54) is 10.8 Å². The quantitative estimate of drug-likeness (QED) is 0.917. The Morgan fingerprint density at radius 1 is 1.18 bits per heavy atom. The summed E-state index contributed by atoms with van der Waals surface area (Å²) < 4.78 is 11.4. The molecule has 0 saturated carbocycles. The zero-order valence-electron chi connectivity index (χ0n) is 12.6. The van der Waals surface area contributed by atoms with E-state index in [1.807, 2.05) is 12.1 Å². The van der Waals surface area contributed by atoms with Crippen molar-refractivity contribution < 1.29 is 9.47 Å². The fourth-order valence-corrected chi connectivity index (χ4v) is 2.68. The number of hydrogen-bond donors (Lipinski definition) is 1. The Hall–Kier alpha value is -1.33. The molecule has 0 spiro atoms. The average molecular weight is 323 g/mol. The van der Waals surface area contributed by atoms with Crippen LogP contribution in [0.25, 0.3) is 10.8 Å². The molecule has 0 radical (unpaired) electrons. The van der Waals surface area contributed by atoms with Gasteiger partial charge in [-0.25, -0.2) is 0 Å². The lowest BCUT2D eigenvalue weighted by molar-refractivity contribution is -0.0261. The van der Waals surface area contributed by atoms with Gasteiger partial charge in [0.15, 0.2) is 0 Å². The monoisotopic (exact) mass is 322 g/mol. The first-order chi connectivity index (χ1) is 10.3. The molecule has 2 aromatic rings. The van der Waals surface area contributed by atoms with Crippen molar-refractivity contribution >= 4 is 23.2 Å². The molecule has 4 nitrogen and oxygen atoms in total. The molecule has 2 N–H and O–H groups in total. The van der Waals surface area contributed by atoms with E-state index in [9.17, 15) is 0 Å². The van der Waals surface area contributed by atoms with Crippen LogP contribution in [0.1, 0.15) is 0 Å². The third-order valence-electron chi connectivity index (χ3n) is 3.88. The minimum atomic E-state index is 0. The lowest BCUT2D eigenvalue weighted by Gasteiger charge is -2.32. The highest BCUT2D eigenvalue weighted by molar-refractivity contribution is 5.85. The SMILES string of the molecule is Cl.NCC1CN(CCOc2ccc3ccccc3c2)CCO1. The summed E-state index contributed by atoms with van der Waals surface area (Å²) in [5.74, 6) is 0.928. The summed E-state index contributed by atoms with van der Waals surface area (Å²) in [6.07, 6.45) is 0.166. The Kier molecular flexibility index (Phi) is 6.46. The lowest BCUT2D eigenvalue weighted by atomic mass is 10.1. The van der Waals surface area contributed by atoms with E-state index in [4.69, 9.17) is 15.2 Å². The summed E-state index contributed by atoms with van der Waals surface area (Å²) in [7, 11) is 0. The van der Waals surface area contributed by atoms with Gasteiger partial charge in [0, 0.05) is 26.2 Å². The van der Waals surface area contributed by atoms with Crippen LogP contribution in [0.4, 0.5) is 0 Å². The van der Waals surface area contributed by atoms with Crippen molar-refractivity contribution in [2.24, 2.45) is 5.73 Å². The van der Waals surface area contributed by atoms with Gasteiger partial charge in [-0.2, -0.15) is 0 Å². The number of morpholine rings is 1. The summed E-state index contributed by atoms with van der Waals surface area (Å²) in [5, 5.41) is 2.45. The fourth-order valence-electron chi connectivity index (χ4n) is 2.68. The molecule has 3 rings (SSSR count). The van der Waals surface area contributed by atoms with E-state index in [0.717, 1.165) is 32.0 Å². The smallest absolute Gasteiger partial charge is 0.120 e. The second kappa shape index (κ2) is 8.34. The van der Waals surface area contributed by atoms with Gasteiger partial charge in [-0.1, -0.05) is 30.3 Å². The average Bonchev–Trinajstić information content (AvgIpc) is 2.55. The molecule has 5 heteroatoms. The predicted molar refractivity (Wildman–Crippen MR) is 91.9 cm³/mol. The Labute approximate surface area is 137 Å². The Morgan fingerprint density at radius 2 is 2.00 bits per heavy atom. The largest absolute Gasteiger partial charge is 0.492 e. The van der Waals surface area contributed by atoms with Crippen LogP contribution in [-0.2, 0) is 4.74 Å². The number of ether oxygens (including phenoxy) is 2. The maximum Gasteiger partial charge on any atom is 0.120 e. The first-order valence-corrected chi connectivity index (χ1v) is 7.51. The van der Waals surface area contributed by atoms with Crippen LogP contribution >= 0.6 is 12.4 Å². The van der Waals surface area contributed by atoms with Gasteiger partial charge >= 0.3 is 0 Å². The van der Waals surface area contributed by atoms with Gasteiger partial charge in [-0.15, -0.1) is 12.4 Å². The van der Waals surface area contributed by atoms with Crippen molar-refractivity contribution in [1.82, 2.24) is 4.90 Å². The Morgan fingerprint density at radius 3 is 2.82 bits per heavy atom. The maximum atomic E-state index is 5.87. The number of hydrogen-bond acceptors (Lipinski definition) is 4. The summed E-state index contributed by atoms with van der Waals surface area (Å²) in [6.45, 7) is 4.80. The number of nitrogens with two attached hydrogens (primary N) is 1. The van der Waals surface area contributed by atoms with E-state index < -0.39 is 0 Å². The van der Waals surface area contributed by atoms with Crippen molar-refractivity contribution in [2.75, 3.05) is 39.4 Å². The third-order valence-corrected chi connectivity index (χ3v) is 3.88. The van der Waals surface area contributed by atoms with Gasteiger partial charge in [0.05, 0.1) is 12.7 Å². The normalized spacial score (nSPS) is 18.9. The fraction of sp³-hybridized carbons (Fsp3) is 0.412. The molecule has 22 heavy (non-hydrogen) atoms. The van der Waals surface area contributed by atoms with E-state index >= 15 is 0 Å². The molecule has 1 saturated heterocycles. The van der Waals surface area contributed by atoms with Crippen LogP contribution in [0.3, 0.4) is 0 Å². The van der Waals surface area contributed by atoms with Crippen LogP contribution in [0, 0.1) is 0 Å². The zero-order chi connectivity index (χ0) is 14.5. The van der Waals surface area contributed by atoms with E-state index in [1.54, 1.807) is 0 Å². The van der Waals surface area contributed by atoms with Crippen LogP contribution in [0.15, 0.2) is 42.5 Å². The van der Waals surface area contributed by atoms with E-state index in [-0.39, 0.29) is 18.5 Å². The summed E-state index contributed by atoms with van der Waals surface area (Å²) in [6, 6.07) is 14.5. The second-order valence-corrected chi connectivity index (χ2v) is 5.39. The number of fused-ring (bicyclic) bond motifs is 1. The Bertz CT molecular complexity index is 594. The highest BCUT2D eigenvalue weighted by Crippen LogP contribution is 2.20. The molecule has 1 atom stereocenters. The number of nitrogens with zero attached hydrogens (tertiary/aromatic N) is 1. The standard InChI is InChI=1S/C17H22N2O2.ClH/c18-12-17-13-19(8-10-21-17)7-9-20-16-6-5-14-3-1-2-4-15(14)11-16;/h1-6,11,17H,7-10,12-13,18H2;1H. The predicted octanol–water partition coefficient (Wildman–Crippen LogP) is 2.30. The molecule has 1 fully saturated rings. The summed E-state index contributed by atoms with van der Waals surface area (Å²) in [5.41, 5.74) is 5.66. The van der Waals surface area contributed by atoms with Crippen molar-refractivity contribution in [2.45, 2.75) is 6.10 Å². The molecule has 1 heterocycles. The van der Waals surface area contributed by atoms with Gasteiger partial charge < -0.3 is 15.2 Å². The second-order valence-electron chi connectivity index (χ2n) is 5.39. The molecule has 0 amide bonds. The molecule has 0 aromatic heterocycles. The summed E-state index contributed by atoms with van der Waals surface area (Å²) >= 11 is 0. The topological polar surface area (TPSA) is 47.7 Å². The highest BCUT2D eigenvalue weighted by atomic mass is 35.5. The Balaban J connectivity index is 0.00000176. The van der Waals surface area contributed by atoms with Gasteiger partial charge in [0.2, 0.25) is 0 Å². The van der Waals surface area contributed by atoms with Gasteiger partial charge in [0.25, 0.3) is 0 Å². The van der Waals surface area contributed by atoms with Gasteiger partial charge in [-0.3, -0.25) is 4.90 Å². The minimum Gasteiger partial charge on any atom is -0.492 e. The van der Waals surface area contributed by atoms with Gasteiger partial charge in [0.1, 0.15) is 12.4 Å². The molecule has 0 bridgehead atoms. The first-order valence-electron chi connectivity index (χ1n) is 7.51. The molecule has 2 aromatic carbocycles. The van der Waals surface area contributed by atoms with Crippen molar-refractivity contribution in [3.63, 3.8) is 0 Å². The van der Waals surface area contributed by atoms with Crippen molar-refractivity contribution in [1.29, 1.82) is 0 Å². The van der Waals surface area contributed by atoms with E-state index in [2.05, 4.69) is 35.2 Å². The molecule has 1 unspecified atom stereocenters. The van der Waals surface area contributed by atoms with Crippen LogP contribution in [-0.4, -0.2) is 50.4 Å². The zero-order valence-corrected chi connectivity index (χ0v) is 13.4. The first kappa shape index (κ1) is 17.0. The van der Waals surface area contributed by atoms with Crippen molar-refractivity contribution in [3.8, 4) is 5.75 Å². The third kappa shape index (κ3) is 4.34. The molecular formula is C17H23ClN2O2. The minimum absolute atomic E-state index is 0. The van der Waals surface area contributed by atoms with E-state index in [0.29, 0.717) is 13.2 Å². The van der Waals surface area contributed by atoms with Gasteiger partial charge in [-0.05, 0) is 22.9 Å². The van der Waals surface area contributed by atoms with Crippen LogP contribution in [0.5, 0.6) is 5.75 Å². The lowest BCUT2D eigenvalue weighted by Crippen LogP contribution is -2.46. The number of benzene rings is 2. The van der Waals surface area contributed by atoms with Crippen molar-refractivity contribution in [3.05, 3.63) is 42.5 Å². The molecule has 1 aliphatic heterocycles. The molecular weight excluding hydrogens is 300 g/mol. The molecule has 120 valence electrons. The number of halogens is 1. The number of rotatable bonds is 5.